The molecule has 0 amide bonds. The van der Waals surface area contributed by atoms with Crippen molar-refractivity contribution in [2.75, 3.05) is 0 Å². The van der Waals surface area contributed by atoms with Crippen LogP contribution < -0.4 is 0 Å². The maximum Gasteiger partial charge on any atom is 0 e. The van der Waals surface area contributed by atoms with Crippen molar-refractivity contribution < 1.29 is 16.5 Å². The molecule has 2 aromatic rings. The van der Waals surface area contributed by atoms with E-state index >= 15 is 0 Å². The normalized spacial score (nSPS) is 7.31. The minimum atomic E-state index is 0. The summed E-state index contributed by atoms with van der Waals surface area (Å²) in [5.74, 6) is 2.51. The van der Waals surface area contributed by atoms with Gasteiger partial charge in [0, 0.05) is 16.5 Å². The predicted molar refractivity (Wildman–Crippen MR) is 52.0 cm³/mol. The zero-order chi connectivity index (χ0) is 8.65. The van der Waals surface area contributed by atoms with Crippen molar-refractivity contribution in [3.63, 3.8) is 0 Å². The third-order valence-corrected chi connectivity index (χ3v) is 1.38. The number of hydrogen-bond donors (Lipinski definition) is 0. The topological polar surface area (TPSA) is 0 Å². The molecule has 0 aliphatic rings. The van der Waals surface area contributed by atoms with E-state index in [1.807, 2.05) is 54.6 Å². The molecule has 0 aliphatic carbocycles. The molecule has 2 aromatic carbocycles. The summed E-state index contributed by atoms with van der Waals surface area (Å²) in [5.41, 5.74) is 0.958. The van der Waals surface area contributed by atoms with Gasteiger partial charge in [0.05, 0.1) is 0 Å². The van der Waals surface area contributed by atoms with Crippen LogP contribution in [-0.2, 0) is 16.5 Å². The Kier molecular flexibility index (Phi) is 6.70. The van der Waals surface area contributed by atoms with Crippen molar-refractivity contribution in [1.29, 1.82) is 0 Å². The Morgan fingerprint density at radius 3 is 1.54 bits per heavy atom. The van der Waals surface area contributed by atoms with Gasteiger partial charge in [-0.25, -0.2) is 6.42 Å². The van der Waals surface area contributed by atoms with E-state index in [4.69, 9.17) is 6.42 Å². The van der Waals surface area contributed by atoms with Crippen LogP contribution in [0.2, 0.25) is 0 Å². The van der Waals surface area contributed by atoms with Gasteiger partial charge in [-0.05, 0) is 0 Å². The van der Waals surface area contributed by atoms with E-state index in [-0.39, 0.29) is 16.5 Å². The molecule has 0 atom stereocenters. The minimum Gasteiger partial charge on any atom is -0.748 e. The molecule has 0 radical (unpaired) electrons. The van der Waals surface area contributed by atoms with Crippen LogP contribution in [0.5, 0.6) is 0 Å². The first-order chi connectivity index (χ1) is 5.93. The van der Waals surface area contributed by atoms with Crippen LogP contribution >= 0.6 is 0 Å². The van der Waals surface area contributed by atoms with Crippen LogP contribution in [-0.4, -0.2) is 0 Å². The summed E-state index contributed by atoms with van der Waals surface area (Å²) < 4.78 is 0. The van der Waals surface area contributed by atoms with Gasteiger partial charge in [-0.3, -0.25) is 0 Å². The second-order valence-electron chi connectivity index (χ2n) is 2.28. The molecule has 1 heteroatoms. The fourth-order valence-corrected chi connectivity index (χ4v) is 0.791. The van der Waals surface area contributed by atoms with Crippen LogP contribution in [0.1, 0.15) is 5.56 Å². The number of hydrogen-bond acceptors (Lipinski definition) is 0. The molecule has 0 aromatic heterocycles. The van der Waals surface area contributed by atoms with Crippen molar-refractivity contribution in [3.05, 3.63) is 60.2 Å². The van der Waals surface area contributed by atoms with Crippen LogP contribution in [0, 0.1) is 12.3 Å². The molecule has 74 valence electrons. The van der Waals surface area contributed by atoms with Gasteiger partial charge in [0.2, 0.25) is 0 Å². The van der Waals surface area contributed by atoms with E-state index in [9.17, 15) is 0 Å². The maximum absolute atomic E-state index is 5.04. The molecule has 0 fully saturated rings. The summed E-state index contributed by atoms with van der Waals surface area (Å²) in [5, 5.41) is 0. The average Bonchev–Trinajstić information content (AvgIpc) is 2.81. The second-order valence-corrected chi connectivity index (χ2v) is 2.28. The first kappa shape index (κ1) is 11.8. The van der Waals surface area contributed by atoms with E-state index < -0.39 is 0 Å². The largest absolute Gasteiger partial charge is 0.748 e. The molecular weight excluding hydrogens is 203 g/mol. The van der Waals surface area contributed by atoms with Gasteiger partial charge in [0.25, 0.3) is 0 Å². The van der Waals surface area contributed by atoms with Gasteiger partial charge in [-0.2, -0.15) is 18.1 Å². The first-order valence-electron chi connectivity index (χ1n) is 3.78. The molecule has 2 rings (SSSR count). The van der Waals surface area contributed by atoms with Crippen molar-refractivity contribution >= 4 is 0 Å². The van der Waals surface area contributed by atoms with Crippen LogP contribution in [0.4, 0.5) is 0 Å². The van der Waals surface area contributed by atoms with Gasteiger partial charge >= 0.3 is 0 Å². The van der Waals surface area contributed by atoms with Gasteiger partial charge in [0.1, 0.15) is 0 Å². The molecule has 0 N–H and O–H groups in total. The SMILES string of the molecule is C#C[c-]1cccc1.[Ni].[cH-]1[cH-][cH-][cH-][cH-]1. The monoisotopic (exact) mass is 212 g/mol. The summed E-state index contributed by atoms with van der Waals surface area (Å²) >= 11 is 0. The van der Waals surface area contributed by atoms with Crippen molar-refractivity contribution in [1.82, 2.24) is 0 Å². The Balaban J connectivity index is 0.000000215. The molecule has 0 unspecified atom stereocenters. The molecule has 0 heterocycles. The molecule has 0 nitrogen and oxygen atoms in total. The fraction of sp³-hybridized carbons (Fsp3) is 0. The Bertz CT molecular complexity index is 291. The predicted octanol–water partition coefficient (Wildman–Crippen LogP) is 2.79. The molecule has 0 spiro atoms. The Labute approximate surface area is 89.2 Å². The molecule has 0 saturated heterocycles. The van der Waals surface area contributed by atoms with Gasteiger partial charge in [0.15, 0.2) is 0 Å². The Morgan fingerprint density at radius 2 is 1.31 bits per heavy atom. The zero-order valence-corrected chi connectivity index (χ0v) is 8.08. The second kappa shape index (κ2) is 7.41. The van der Waals surface area contributed by atoms with E-state index in [2.05, 4.69) is 5.92 Å². The standard InChI is InChI=1S/C7H5.C5H5.Ni/c1-2-7-5-3-4-6-7;1-2-4-5-3-1;/h1,3-6H;1-5H;/q-1;-5;. The Hall–Kier alpha value is -1.25. The van der Waals surface area contributed by atoms with E-state index in [1.54, 1.807) is 0 Å². The maximum atomic E-state index is 5.04. The minimum absolute atomic E-state index is 0. The molecule has 13 heavy (non-hydrogen) atoms. The fourth-order valence-electron chi connectivity index (χ4n) is 0.791. The quantitative estimate of drug-likeness (QED) is 0.358. The zero-order valence-electron chi connectivity index (χ0n) is 7.09. The summed E-state index contributed by atoms with van der Waals surface area (Å²) in [6.45, 7) is 0. The smallest absolute Gasteiger partial charge is 0 e. The van der Waals surface area contributed by atoms with Gasteiger partial charge < -0.3 is 30.3 Å². The molecule has 0 aliphatic heterocycles. The van der Waals surface area contributed by atoms with Crippen LogP contribution in [0.15, 0.2) is 54.6 Å². The van der Waals surface area contributed by atoms with Gasteiger partial charge in [-0.1, -0.05) is 5.56 Å². The number of rotatable bonds is 0. The van der Waals surface area contributed by atoms with Gasteiger partial charge in [-0.15, -0.1) is 12.1 Å². The van der Waals surface area contributed by atoms with E-state index in [0.29, 0.717) is 0 Å². The molecule has 0 saturated carbocycles. The van der Waals surface area contributed by atoms with Crippen molar-refractivity contribution in [2.45, 2.75) is 0 Å². The summed E-state index contributed by atoms with van der Waals surface area (Å²) in [6, 6.07) is 17.7. The summed E-state index contributed by atoms with van der Waals surface area (Å²) in [7, 11) is 0. The number of terminal acetylenes is 1. The van der Waals surface area contributed by atoms with Crippen LogP contribution in [0.3, 0.4) is 0 Å². The third kappa shape index (κ3) is 5.07. The first-order valence-corrected chi connectivity index (χ1v) is 3.78. The molecular formula is C12H10Ni-6. The molecule has 0 bridgehead atoms. The Morgan fingerprint density at radius 1 is 0.923 bits per heavy atom. The van der Waals surface area contributed by atoms with Crippen LogP contribution in [0.25, 0.3) is 0 Å². The third-order valence-electron chi connectivity index (χ3n) is 1.38. The van der Waals surface area contributed by atoms with E-state index in [0.717, 1.165) is 5.56 Å². The van der Waals surface area contributed by atoms with E-state index in [1.165, 1.54) is 0 Å². The average molecular weight is 213 g/mol. The van der Waals surface area contributed by atoms with Crippen molar-refractivity contribution in [3.8, 4) is 12.3 Å². The summed E-state index contributed by atoms with van der Waals surface area (Å²) in [4.78, 5) is 0. The summed E-state index contributed by atoms with van der Waals surface area (Å²) in [6.07, 6.45) is 5.04. The van der Waals surface area contributed by atoms with Crippen molar-refractivity contribution in [2.24, 2.45) is 0 Å².